The molecule has 10 heteroatoms. The molecule has 0 unspecified atom stereocenters. The highest BCUT2D eigenvalue weighted by Gasteiger charge is 2.18. The molecule has 0 saturated carbocycles. The second-order valence-corrected chi connectivity index (χ2v) is 6.79. The number of fused-ring (bicyclic) bond motifs is 1. The second kappa shape index (κ2) is 7.54. The molecule has 9 nitrogen and oxygen atoms in total. The lowest BCUT2D eigenvalue weighted by molar-refractivity contribution is -0.384. The van der Waals surface area contributed by atoms with Gasteiger partial charge in [-0.3, -0.25) is 24.1 Å². The zero-order chi connectivity index (χ0) is 19.6. The van der Waals surface area contributed by atoms with Gasteiger partial charge in [-0.05, 0) is 31.0 Å². The van der Waals surface area contributed by atoms with Crippen LogP contribution in [0.5, 0.6) is 0 Å². The van der Waals surface area contributed by atoms with Crippen molar-refractivity contribution in [1.82, 2.24) is 9.38 Å². The van der Waals surface area contributed by atoms with Gasteiger partial charge in [0.05, 0.1) is 17.0 Å². The smallest absolute Gasteiger partial charge is 0.312 e. The first-order valence-electron chi connectivity index (χ1n) is 7.95. The molecule has 0 radical (unpaired) electrons. The third-order valence-electron chi connectivity index (χ3n) is 3.92. The highest BCUT2D eigenvalue weighted by atomic mass is 32.1. The molecule has 2 heterocycles. The number of rotatable bonds is 6. The van der Waals surface area contributed by atoms with E-state index in [1.165, 1.54) is 23.5 Å². The Morgan fingerprint density at radius 1 is 1.33 bits per heavy atom. The highest BCUT2D eigenvalue weighted by Crippen LogP contribution is 2.27. The Morgan fingerprint density at radius 3 is 2.78 bits per heavy atom. The van der Waals surface area contributed by atoms with Gasteiger partial charge in [-0.15, -0.1) is 11.3 Å². The highest BCUT2D eigenvalue weighted by molar-refractivity contribution is 7.15. The number of amides is 1. The van der Waals surface area contributed by atoms with Crippen LogP contribution in [0.2, 0.25) is 0 Å². The molecular formula is C17H16N4O5S. The van der Waals surface area contributed by atoms with E-state index in [0.717, 1.165) is 16.1 Å². The minimum absolute atomic E-state index is 0.0640. The maximum absolute atomic E-state index is 12.0. The number of carbonyl (C=O) groups excluding carboxylic acids is 2. The Balaban J connectivity index is 1.58. The first-order chi connectivity index (χ1) is 12.8. The van der Waals surface area contributed by atoms with Gasteiger partial charge in [-0.1, -0.05) is 0 Å². The summed E-state index contributed by atoms with van der Waals surface area (Å²) < 4.78 is 6.73. The Bertz CT molecular complexity index is 1010. The van der Waals surface area contributed by atoms with E-state index in [2.05, 4.69) is 10.3 Å². The Kier molecular flexibility index (Phi) is 5.17. The number of aromatic nitrogens is 2. The van der Waals surface area contributed by atoms with Crippen molar-refractivity contribution < 1.29 is 19.2 Å². The van der Waals surface area contributed by atoms with Crippen LogP contribution in [0.1, 0.15) is 16.8 Å². The maximum atomic E-state index is 12.0. The lowest BCUT2D eigenvalue weighted by Crippen LogP contribution is -2.22. The molecule has 0 bridgehead atoms. The lowest BCUT2D eigenvalue weighted by Gasteiger charge is -2.09. The van der Waals surface area contributed by atoms with E-state index in [1.54, 1.807) is 24.4 Å². The van der Waals surface area contributed by atoms with Crippen LogP contribution in [0.4, 0.5) is 11.4 Å². The number of benzene rings is 1. The molecule has 140 valence electrons. The molecule has 1 amide bonds. The predicted molar refractivity (Wildman–Crippen MR) is 98.9 cm³/mol. The van der Waals surface area contributed by atoms with Crippen LogP contribution in [0, 0.1) is 24.0 Å². The molecule has 1 aromatic carbocycles. The normalized spacial score (nSPS) is 10.7. The van der Waals surface area contributed by atoms with Crippen LogP contribution in [-0.4, -0.2) is 32.8 Å². The summed E-state index contributed by atoms with van der Waals surface area (Å²) in [6.07, 6.45) is 3.48. The summed E-state index contributed by atoms with van der Waals surface area (Å²) in [4.78, 5) is 39.5. The van der Waals surface area contributed by atoms with E-state index >= 15 is 0 Å². The average Bonchev–Trinajstić information content (AvgIpc) is 3.17. The summed E-state index contributed by atoms with van der Waals surface area (Å²) in [6.45, 7) is 2.99. The molecule has 0 saturated heterocycles. The molecule has 2 aromatic heterocycles. The number of nitro groups is 1. The summed E-state index contributed by atoms with van der Waals surface area (Å²) >= 11 is 1.44. The lowest BCUT2D eigenvalue weighted by atomic mass is 10.1. The zero-order valence-corrected chi connectivity index (χ0v) is 15.4. The van der Waals surface area contributed by atoms with Crippen LogP contribution in [0.25, 0.3) is 4.96 Å². The fourth-order valence-corrected chi connectivity index (χ4v) is 3.16. The van der Waals surface area contributed by atoms with Gasteiger partial charge in [0.15, 0.2) is 11.6 Å². The minimum Gasteiger partial charge on any atom is -0.455 e. The summed E-state index contributed by atoms with van der Waals surface area (Å²) in [5.41, 5.74) is 1.94. The van der Waals surface area contributed by atoms with E-state index in [9.17, 15) is 19.7 Å². The minimum atomic E-state index is -0.652. The number of imidazole rings is 1. The molecular weight excluding hydrogens is 372 g/mol. The molecule has 3 rings (SSSR count). The summed E-state index contributed by atoms with van der Waals surface area (Å²) in [5.74, 6) is -1.26. The van der Waals surface area contributed by atoms with Crippen molar-refractivity contribution in [2.45, 2.75) is 20.3 Å². The number of aryl methyl sites for hydroxylation is 2. The van der Waals surface area contributed by atoms with E-state index in [4.69, 9.17) is 4.74 Å². The standard InChI is InChI=1S/C17H16N4O5S/c1-10-5-13(14(21(24)25)6-11(10)2)19-15(22)9-26-16(23)7-12-8-20-3-4-27-17(20)18-12/h3-6,8H,7,9H2,1-2H3,(H,19,22). The summed E-state index contributed by atoms with van der Waals surface area (Å²) in [7, 11) is 0. The van der Waals surface area contributed by atoms with Crippen LogP contribution in [0.3, 0.4) is 0 Å². The number of ether oxygens (including phenoxy) is 1. The number of hydrogen-bond acceptors (Lipinski definition) is 7. The van der Waals surface area contributed by atoms with Gasteiger partial charge in [0.2, 0.25) is 0 Å². The van der Waals surface area contributed by atoms with Gasteiger partial charge in [0, 0.05) is 23.8 Å². The topological polar surface area (TPSA) is 116 Å². The Morgan fingerprint density at radius 2 is 2.07 bits per heavy atom. The molecule has 3 aromatic rings. The second-order valence-electron chi connectivity index (χ2n) is 5.92. The van der Waals surface area contributed by atoms with Crippen molar-refractivity contribution in [2.24, 2.45) is 0 Å². The number of hydrogen-bond donors (Lipinski definition) is 1. The predicted octanol–water partition coefficient (Wildman–Crippen LogP) is 2.65. The van der Waals surface area contributed by atoms with E-state index in [1.807, 2.05) is 11.6 Å². The third-order valence-corrected chi connectivity index (χ3v) is 4.69. The fraction of sp³-hybridized carbons (Fsp3) is 0.235. The van der Waals surface area contributed by atoms with Gasteiger partial charge < -0.3 is 10.1 Å². The van der Waals surface area contributed by atoms with Crippen molar-refractivity contribution in [2.75, 3.05) is 11.9 Å². The van der Waals surface area contributed by atoms with Gasteiger partial charge >= 0.3 is 5.97 Å². The van der Waals surface area contributed by atoms with Gasteiger partial charge in [-0.2, -0.15) is 0 Å². The van der Waals surface area contributed by atoms with Crippen molar-refractivity contribution in [3.8, 4) is 0 Å². The van der Waals surface area contributed by atoms with Crippen LogP contribution < -0.4 is 5.32 Å². The molecule has 0 atom stereocenters. The molecule has 0 spiro atoms. The maximum Gasteiger partial charge on any atom is 0.312 e. The van der Waals surface area contributed by atoms with E-state index < -0.39 is 23.4 Å². The van der Waals surface area contributed by atoms with Crippen molar-refractivity contribution in [1.29, 1.82) is 0 Å². The largest absolute Gasteiger partial charge is 0.455 e. The number of esters is 1. The van der Waals surface area contributed by atoms with Gasteiger partial charge in [-0.25, -0.2) is 4.98 Å². The summed E-state index contributed by atoms with van der Waals surface area (Å²) in [6, 6.07) is 2.91. The number of thiazole rings is 1. The summed E-state index contributed by atoms with van der Waals surface area (Å²) in [5, 5.41) is 15.4. The molecule has 0 aliphatic rings. The van der Waals surface area contributed by atoms with E-state index in [0.29, 0.717) is 5.69 Å². The molecule has 27 heavy (non-hydrogen) atoms. The number of anilines is 1. The number of carbonyl (C=O) groups is 2. The van der Waals surface area contributed by atoms with Crippen LogP contribution in [-0.2, 0) is 20.7 Å². The van der Waals surface area contributed by atoms with Crippen molar-refractivity contribution in [3.05, 3.63) is 56.8 Å². The molecule has 0 aliphatic carbocycles. The van der Waals surface area contributed by atoms with Gasteiger partial charge in [0.1, 0.15) is 5.69 Å². The third kappa shape index (κ3) is 4.29. The quantitative estimate of drug-likeness (QED) is 0.394. The van der Waals surface area contributed by atoms with Gasteiger partial charge in [0.25, 0.3) is 11.6 Å². The average molecular weight is 388 g/mol. The SMILES string of the molecule is Cc1cc(NC(=O)COC(=O)Cc2cn3ccsc3n2)c([N+](=O)[O-])cc1C. The fourth-order valence-electron chi connectivity index (χ4n) is 2.44. The number of nitro benzene ring substituents is 1. The molecule has 0 aliphatic heterocycles. The molecule has 1 N–H and O–H groups in total. The van der Waals surface area contributed by atoms with Crippen LogP contribution in [0.15, 0.2) is 29.9 Å². The Labute approximate surface area is 157 Å². The van der Waals surface area contributed by atoms with E-state index in [-0.39, 0.29) is 17.8 Å². The first kappa shape index (κ1) is 18.5. The number of nitrogens with zero attached hydrogens (tertiary/aromatic N) is 3. The van der Waals surface area contributed by atoms with Crippen molar-refractivity contribution >= 4 is 39.5 Å². The number of nitrogens with one attached hydrogen (secondary N) is 1. The van der Waals surface area contributed by atoms with Crippen LogP contribution >= 0.6 is 11.3 Å². The Hall–Kier alpha value is -3.27. The first-order valence-corrected chi connectivity index (χ1v) is 8.83. The zero-order valence-electron chi connectivity index (χ0n) is 14.6. The van der Waals surface area contributed by atoms with Crippen molar-refractivity contribution in [3.63, 3.8) is 0 Å². The monoisotopic (exact) mass is 388 g/mol. The molecule has 0 fully saturated rings.